The van der Waals surface area contributed by atoms with Crippen LogP contribution in [0, 0.1) is 0 Å². The van der Waals surface area contributed by atoms with Crippen LogP contribution in [0.5, 0.6) is 0 Å². The second-order valence-electron chi connectivity index (χ2n) is 11.5. The molecule has 2 fully saturated rings. The summed E-state index contributed by atoms with van der Waals surface area (Å²) in [5, 5.41) is 11.4. The summed E-state index contributed by atoms with van der Waals surface area (Å²) < 4.78 is 17.6. The van der Waals surface area contributed by atoms with E-state index in [1.807, 2.05) is 33.7 Å². The fraction of sp³-hybridized carbons (Fsp3) is 0.536. The third kappa shape index (κ3) is 4.48. The van der Waals surface area contributed by atoms with Crippen LogP contribution < -0.4 is 11.2 Å². The largest absolute Gasteiger partial charge is 0.386 e. The molecule has 41 heavy (non-hydrogen) atoms. The monoisotopic (exact) mass is 565 g/mol. The Morgan fingerprint density at radius 1 is 1.17 bits per heavy atom. The molecule has 2 atom stereocenters. The van der Waals surface area contributed by atoms with Crippen LogP contribution in [0.3, 0.4) is 0 Å². The SMILES string of the molecule is COCc1nc2ccccc2n1CC(=O)N1CCC2(CC1)C[C@H](n1cnc3c1c(=O)n(C)c(=O)n3C)[C@@](C)(O)CO2. The first-order valence-electron chi connectivity index (χ1n) is 13.7. The quantitative estimate of drug-likeness (QED) is 0.373. The minimum Gasteiger partial charge on any atom is -0.386 e. The molecule has 1 spiro atoms. The molecular weight excluding hydrogens is 530 g/mol. The Labute approximate surface area is 235 Å². The summed E-state index contributed by atoms with van der Waals surface area (Å²) in [4.78, 5) is 49.8. The van der Waals surface area contributed by atoms with Gasteiger partial charge in [0.2, 0.25) is 5.91 Å². The lowest BCUT2D eigenvalue weighted by Gasteiger charge is -2.51. The Balaban J connectivity index is 1.22. The van der Waals surface area contributed by atoms with Crippen molar-refractivity contribution in [3.05, 3.63) is 57.3 Å². The molecule has 4 aromatic rings. The summed E-state index contributed by atoms with van der Waals surface area (Å²) in [6.45, 7) is 3.23. The fourth-order valence-electron chi connectivity index (χ4n) is 6.31. The lowest BCUT2D eigenvalue weighted by molar-refractivity contribution is -0.201. The molecule has 0 saturated carbocycles. The first-order valence-corrected chi connectivity index (χ1v) is 13.7. The summed E-state index contributed by atoms with van der Waals surface area (Å²) in [6, 6.07) is 7.21. The molecule has 2 saturated heterocycles. The minimum absolute atomic E-state index is 0.00951. The summed E-state index contributed by atoms with van der Waals surface area (Å²) >= 11 is 0. The molecular formula is C28H35N7O6. The molecule has 6 rings (SSSR count). The van der Waals surface area contributed by atoms with Gasteiger partial charge in [-0.15, -0.1) is 0 Å². The smallest absolute Gasteiger partial charge is 0.332 e. The number of imidazole rings is 2. The van der Waals surface area contributed by atoms with E-state index in [4.69, 9.17) is 9.47 Å². The van der Waals surface area contributed by atoms with Gasteiger partial charge in [-0.2, -0.15) is 0 Å². The fourth-order valence-corrected chi connectivity index (χ4v) is 6.31. The Morgan fingerprint density at radius 2 is 1.90 bits per heavy atom. The van der Waals surface area contributed by atoms with Gasteiger partial charge in [-0.05, 0) is 31.9 Å². The van der Waals surface area contributed by atoms with Gasteiger partial charge in [-0.3, -0.25) is 18.7 Å². The topological polar surface area (TPSA) is 139 Å². The lowest BCUT2D eigenvalue weighted by Crippen LogP contribution is -2.57. The van der Waals surface area contributed by atoms with Crippen molar-refractivity contribution in [1.29, 1.82) is 0 Å². The number of aliphatic hydroxyl groups is 1. The second kappa shape index (κ2) is 9.93. The molecule has 0 unspecified atom stereocenters. The normalized spacial score (nSPS) is 22.7. The van der Waals surface area contributed by atoms with E-state index in [2.05, 4.69) is 9.97 Å². The summed E-state index contributed by atoms with van der Waals surface area (Å²) in [5.41, 5.74) is -0.520. The Hall–Kier alpha value is -3.81. The molecule has 1 aromatic carbocycles. The Bertz CT molecular complexity index is 1760. The van der Waals surface area contributed by atoms with Crippen LogP contribution in [-0.4, -0.2) is 82.2 Å². The van der Waals surface area contributed by atoms with Gasteiger partial charge >= 0.3 is 5.69 Å². The first kappa shape index (κ1) is 27.4. The molecule has 2 aliphatic rings. The summed E-state index contributed by atoms with van der Waals surface area (Å²) in [5.74, 6) is 0.692. The minimum atomic E-state index is -1.27. The van der Waals surface area contributed by atoms with Gasteiger partial charge in [-0.25, -0.2) is 14.8 Å². The van der Waals surface area contributed by atoms with Crippen molar-refractivity contribution in [1.82, 2.24) is 33.1 Å². The standard InChI is InChI=1S/C28H35N7O6/c1-27(39)16-41-28(13-20(27)35-17-29-24-23(35)25(37)32(3)26(38)31(24)2)9-11-33(12-10-28)22(36)14-34-19-8-6-5-7-18(19)30-21(34)15-40-4/h5-8,17,20,39H,9-16H2,1-4H3/t20-,27-/m0/s1. The third-order valence-electron chi connectivity index (χ3n) is 8.79. The van der Waals surface area contributed by atoms with Crippen molar-refractivity contribution >= 4 is 28.1 Å². The number of hydrogen-bond donors (Lipinski definition) is 1. The van der Waals surface area contributed by atoms with Crippen molar-refractivity contribution in [2.75, 3.05) is 26.8 Å². The van der Waals surface area contributed by atoms with E-state index in [9.17, 15) is 19.5 Å². The second-order valence-corrected chi connectivity index (χ2v) is 11.5. The zero-order valence-corrected chi connectivity index (χ0v) is 23.7. The molecule has 0 bridgehead atoms. The number of para-hydroxylation sites is 2. The molecule has 3 aromatic heterocycles. The number of hydrogen-bond acceptors (Lipinski definition) is 8. The number of nitrogens with zero attached hydrogens (tertiary/aromatic N) is 7. The molecule has 1 amide bonds. The van der Waals surface area contributed by atoms with Crippen molar-refractivity contribution in [3.8, 4) is 0 Å². The number of carbonyl (C=O) groups is 1. The predicted octanol–water partition coefficient (Wildman–Crippen LogP) is 0.704. The van der Waals surface area contributed by atoms with Crippen LogP contribution in [0.15, 0.2) is 40.2 Å². The Morgan fingerprint density at radius 3 is 2.63 bits per heavy atom. The molecule has 0 aliphatic carbocycles. The summed E-state index contributed by atoms with van der Waals surface area (Å²) in [6.07, 6.45) is 3.13. The van der Waals surface area contributed by atoms with Crippen LogP contribution in [0.4, 0.5) is 0 Å². The zero-order valence-electron chi connectivity index (χ0n) is 23.7. The molecule has 2 aliphatic heterocycles. The van der Waals surface area contributed by atoms with Crippen molar-refractivity contribution in [3.63, 3.8) is 0 Å². The number of aromatic nitrogens is 6. The Kier molecular flexibility index (Phi) is 6.63. The van der Waals surface area contributed by atoms with Gasteiger partial charge < -0.3 is 28.6 Å². The van der Waals surface area contributed by atoms with Gasteiger partial charge in [0.05, 0.1) is 35.6 Å². The van der Waals surface area contributed by atoms with Crippen molar-refractivity contribution in [2.45, 2.75) is 56.6 Å². The maximum absolute atomic E-state index is 13.4. The predicted molar refractivity (Wildman–Crippen MR) is 149 cm³/mol. The maximum Gasteiger partial charge on any atom is 0.332 e. The number of amides is 1. The van der Waals surface area contributed by atoms with Gasteiger partial charge in [-0.1, -0.05) is 12.1 Å². The third-order valence-corrected chi connectivity index (χ3v) is 8.79. The number of likely N-dealkylation sites (tertiary alicyclic amines) is 1. The number of fused-ring (bicyclic) bond motifs is 2. The van der Waals surface area contributed by atoms with Gasteiger partial charge in [0, 0.05) is 40.7 Å². The molecule has 5 heterocycles. The average molecular weight is 566 g/mol. The highest BCUT2D eigenvalue weighted by atomic mass is 16.5. The van der Waals surface area contributed by atoms with Crippen LogP contribution in [0.2, 0.25) is 0 Å². The highest BCUT2D eigenvalue weighted by molar-refractivity contribution is 5.81. The number of aryl methyl sites for hydroxylation is 1. The number of ether oxygens (including phenoxy) is 2. The van der Waals surface area contributed by atoms with E-state index in [-0.39, 0.29) is 30.2 Å². The van der Waals surface area contributed by atoms with E-state index < -0.39 is 28.5 Å². The number of carbonyl (C=O) groups excluding carboxylic acids is 1. The lowest BCUT2D eigenvalue weighted by atomic mass is 9.77. The number of methoxy groups -OCH3 is 1. The van der Waals surface area contributed by atoms with Crippen LogP contribution in [-0.2, 0) is 41.5 Å². The highest BCUT2D eigenvalue weighted by Crippen LogP contribution is 2.44. The van der Waals surface area contributed by atoms with Crippen molar-refractivity contribution in [2.24, 2.45) is 14.1 Å². The van der Waals surface area contributed by atoms with Gasteiger partial charge in [0.25, 0.3) is 5.56 Å². The molecule has 0 radical (unpaired) electrons. The first-order chi connectivity index (χ1) is 19.5. The van der Waals surface area contributed by atoms with Crippen LogP contribution in [0.1, 0.15) is 38.1 Å². The maximum atomic E-state index is 13.4. The van der Waals surface area contributed by atoms with E-state index in [1.165, 1.54) is 17.9 Å². The van der Waals surface area contributed by atoms with E-state index >= 15 is 0 Å². The van der Waals surface area contributed by atoms with E-state index in [0.717, 1.165) is 15.6 Å². The van der Waals surface area contributed by atoms with Crippen molar-refractivity contribution < 1.29 is 19.4 Å². The van der Waals surface area contributed by atoms with Crippen LogP contribution >= 0.6 is 0 Å². The number of benzene rings is 1. The number of piperidine rings is 1. The molecule has 218 valence electrons. The highest BCUT2D eigenvalue weighted by Gasteiger charge is 2.50. The molecule has 13 nitrogen and oxygen atoms in total. The number of rotatable bonds is 5. The van der Waals surface area contributed by atoms with E-state index in [1.54, 1.807) is 25.6 Å². The molecule has 13 heteroatoms. The zero-order chi connectivity index (χ0) is 29.1. The molecule has 1 N–H and O–H groups in total. The average Bonchev–Trinajstić information content (AvgIpc) is 3.55. The van der Waals surface area contributed by atoms with Gasteiger partial charge in [0.15, 0.2) is 11.2 Å². The van der Waals surface area contributed by atoms with Gasteiger partial charge in [0.1, 0.15) is 24.6 Å². The summed E-state index contributed by atoms with van der Waals surface area (Å²) in [7, 11) is 4.61. The van der Waals surface area contributed by atoms with E-state index in [0.29, 0.717) is 44.8 Å². The van der Waals surface area contributed by atoms with Crippen LogP contribution in [0.25, 0.3) is 22.2 Å².